The molecule has 0 aliphatic carbocycles. The van der Waals surface area contributed by atoms with Crippen LogP contribution in [0.25, 0.3) is 0 Å². The van der Waals surface area contributed by atoms with E-state index in [1.54, 1.807) is 7.11 Å². The number of nitrogens with one attached hydrogen (secondary N) is 2. The average Bonchev–Trinajstić information content (AvgIpc) is 2.57. The van der Waals surface area contributed by atoms with Crippen LogP contribution < -0.4 is 15.4 Å². The molecular weight excluding hydrogens is 294 g/mol. The largest absolute Gasteiger partial charge is 0.497 e. The van der Waals surface area contributed by atoms with Gasteiger partial charge in [0.2, 0.25) is 0 Å². The minimum Gasteiger partial charge on any atom is -0.497 e. The van der Waals surface area contributed by atoms with Gasteiger partial charge in [0.25, 0.3) is 0 Å². The summed E-state index contributed by atoms with van der Waals surface area (Å²) < 4.78 is 5.26. The van der Waals surface area contributed by atoms with E-state index in [2.05, 4.69) is 34.6 Å². The topological polar surface area (TPSA) is 36.5 Å². The van der Waals surface area contributed by atoms with Crippen LogP contribution in [0.15, 0.2) is 24.3 Å². The fraction of sp³-hybridized carbons (Fsp3) is 0.588. The van der Waals surface area contributed by atoms with Crippen LogP contribution in [0.5, 0.6) is 5.75 Å². The minimum atomic E-state index is 0.350. The van der Waals surface area contributed by atoms with Crippen LogP contribution in [0.1, 0.15) is 37.8 Å². The second-order valence-corrected chi connectivity index (χ2v) is 6.03. The summed E-state index contributed by atoms with van der Waals surface area (Å²) in [5.41, 5.74) is 1.31. The van der Waals surface area contributed by atoms with Gasteiger partial charge in [-0.15, -0.1) is 0 Å². The first-order valence-electron chi connectivity index (χ1n) is 8.14. The Morgan fingerprint density at radius 2 is 1.86 bits per heavy atom. The maximum absolute atomic E-state index is 5.30. The number of nitrogens with zero attached hydrogens (tertiary/aromatic N) is 1. The van der Waals surface area contributed by atoms with Gasteiger partial charge in [0.15, 0.2) is 5.11 Å². The van der Waals surface area contributed by atoms with Gasteiger partial charge in [-0.25, -0.2) is 0 Å². The molecule has 0 saturated carbocycles. The van der Waals surface area contributed by atoms with Crippen molar-refractivity contribution in [2.75, 3.05) is 33.3 Å². The third-order valence-electron chi connectivity index (χ3n) is 4.13. The van der Waals surface area contributed by atoms with E-state index in [-0.39, 0.29) is 0 Å². The molecule has 1 heterocycles. The molecule has 0 unspecified atom stereocenters. The fourth-order valence-corrected chi connectivity index (χ4v) is 3.15. The Morgan fingerprint density at radius 1 is 1.18 bits per heavy atom. The Morgan fingerprint density at radius 3 is 2.45 bits per heavy atom. The highest BCUT2D eigenvalue weighted by Gasteiger charge is 2.22. The average molecular weight is 321 g/mol. The number of rotatable bonds is 6. The number of benzene rings is 1. The smallest absolute Gasteiger partial charge is 0.166 e. The summed E-state index contributed by atoms with van der Waals surface area (Å²) in [4.78, 5) is 2.56. The number of methoxy groups -OCH3 is 1. The Balaban J connectivity index is 2.07. The van der Waals surface area contributed by atoms with Crippen LogP contribution in [-0.2, 0) is 0 Å². The number of hydrogen-bond acceptors (Lipinski definition) is 3. The Hall–Kier alpha value is -1.33. The van der Waals surface area contributed by atoms with Gasteiger partial charge in [-0.3, -0.25) is 4.90 Å². The van der Waals surface area contributed by atoms with E-state index >= 15 is 0 Å². The molecular formula is C17H27N3OS. The van der Waals surface area contributed by atoms with Crippen molar-refractivity contribution in [2.45, 2.75) is 32.2 Å². The van der Waals surface area contributed by atoms with Crippen LogP contribution in [0.3, 0.4) is 0 Å². The second-order valence-electron chi connectivity index (χ2n) is 5.63. The number of likely N-dealkylation sites (tertiary alicyclic amines) is 1. The molecule has 1 fully saturated rings. The van der Waals surface area contributed by atoms with E-state index in [9.17, 15) is 0 Å². The second kappa shape index (κ2) is 8.96. The van der Waals surface area contributed by atoms with Crippen LogP contribution >= 0.6 is 12.2 Å². The van der Waals surface area contributed by atoms with Gasteiger partial charge in [-0.1, -0.05) is 18.6 Å². The van der Waals surface area contributed by atoms with Crippen molar-refractivity contribution < 1.29 is 4.74 Å². The third kappa shape index (κ3) is 4.85. The lowest BCUT2D eigenvalue weighted by Gasteiger charge is -2.35. The number of ether oxygens (including phenoxy) is 1. The van der Waals surface area contributed by atoms with E-state index in [4.69, 9.17) is 17.0 Å². The molecule has 4 nitrogen and oxygen atoms in total. The minimum absolute atomic E-state index is 0.350. The molecule has 1 aromatic rings. The molecule has 2 N–H and O–H groups in total. The van der Waals surface area contributed by atoms with E-state index < -0.39 is 0 Å². The molecule has 0 spiro atoms. The highest BCUT2D eigenvalue weighted by Crippen LogP contribution is 2.25. The summed E-state index contributed by atoms with van der Waals surface area (Å²) in [5.74, 6) is 0.900. The first kappa shape index (κ1) is 17.0. The lowest BCUT2D eigenvalue weighted by molar-refractivity contribution is 0.164. The van der Waals surface area contributed by atoms with Crippen molar-refractivity contribution in [1.82, 2.24) is 15.5 Å². The summed E-state index contributed by atoms with van der Waals surface area (Å²) >= 11 is 5.30. The summed E-state index contributed by atoms with van der Waals surface area (Å²) in [6.07, 6.45) is 3.91. The van der Waals surface area contributed by atoms with Crippen molar-refractivity contribution in [2.24, 2.45) is 0 Å². The Bertz CT molecular complexity index is 457. The van der Waals surface area contributed by atoms with Gasteiger partial charge < -0.3 is 15.4 Å². The predicted molar refractivity (Wildman–Crippen MR) is 95.4 cm³/mol. The van der Waals surface area contributed by atoms with Crippen molar-refractivity contribution in [1.29, 1.82) is 0 Å². The summed E-state index contributed by atoms with van der Waals surface area (Å²) in [6.45, 7) is 6.05. The van der Waals surface area contributed by atoms with E-state index in [1.807, 2.05) is 12.1 Å². The summed E-state index contributed by atoms with van der Waals surface area (Å²) in [6, 6.07) is 8.75. The molecule has 1 aromatic carbocycles. The zero-order chi connectivity index (χ0) is 15.8. The first-order valence-corrected chi connectivity index (χ1v) is 8.55. The maximum Gasteiger partial charge on any atom is 0.166 e. The van der Waals surface area contributed by atoms with E-state index in [0.29, 0.717) is 6.04 Å². The van der Waals surface area contributed by atoms with Crippen molar-refractivity contribution >= 4 is 17.3 Å². The molecule has 22 heavy (non-hydrogen) atoms. The van der Waals surface area contributed by atoms with Gasteiger partial charge in [0.05, 0.1) is 13.2 Å². The lowest BCUT2D eigenvalue weighted by Crippen LogP contribution is -2.43. The highest BCUT2D eigenvalue weighted by molar-refractivity contribution is 7.80. The van der Waals surface area contributed by atoms with Gasteiger partial charge in [0.1, 0.15) is 5.75 Å². The van der Waals surface area contributed by atoms with Gasteiger partial charge in [-0.05, 0) is 62.8 Å². The summed E-state index contributed by atoms with van der Waals surface area (Å²) in [5, 5.41) is 7.25. The highest BCUT2D eigenvalue weighted by atomic mass is 32.1. The van der Waals surface area contributed by atoms with E-state index in [0.717, 1.165) is 37.0 Å². The number of thiocarbonyl (C=S) groups is 1. The normalized spacial score (nSPS) is 16.8. The van der Waals surface area contributed by atoms with Crippen LogP contribution in [-0.4, -0.2) is 43.3 Å². The van der Waals surface area contributed by atoms with E-state index in [1.165, 1.54) is 24.8 Å². The molecule has 0 amide bonds. The molecule has 5 heteroatoms. The molecule has 0 bridgehead atoms. The third-order valence-corrected chi connectivity index (χ3v) is 4.41. The van der Waals surface area contributed by atoms with Crippen LogP contribution in [0.4, 0.5) is 0 Å². The molecule has 1 atom stereocenters. The predicted octanol–water partition coefficient (Wildman–Crippen LogP) is 2.71. The molecule has 1 aliphatic heterocycles. The molecule has 1 saturated heterocycles. The van der Waals surface area contributed by atoms with Crippen molar-refractivity contribution in [3.63, 3.8) is 0 Å². The lowest BCUT2D eigenvalue weighted by atomic mass is 10.0. The molecule has 122 valence electrons. The molecule has 2 rings (SSSR count). The monoisotopic (exact) mass is 321 g/mol. The maximum atomic E-state index is 5.30. The molecule has 0 aromatic heterocycles. The van der Waals surface area contributed by atoms with Crippen molar-refractivity contribution in [3.8, 4) is 5.75 Å². The molecule has 1 aliphatic rings. The van der Waals surface area contributed by atoms with Gasteiger partial charge >= 0.3 is 0 Å². The Kier molecular flexibility index (Phi) is 6.93. The summed E-state index contributed by atoms with van der Waals surface area (Å²) in [7, 11) is 1.70. The molecule has 0 radical (unpaired) electrons. The fourth-order valence-electron chi connectivity index (χ4n) is 2.93. The zero-order valence-corrected chi connectivity index (χ0v) is 14.4. The SMILES string of the molecule is CCNC(=S)NC[C@@H](c1ccc(OC)cc1)N1CCCCC1. The number of hydrogen-bond donors (Lipinski definition) is 2. The zero-order valence-electron chi connectivity index (χ0n) is 13.6. The van der Waals surface area contributed by atoms with Gasteiger partial charge in [-0.2, -0.15) is 0 Å². The first-order chi connectivity index (χ1) is 10.7. The standard InChI is InChI=1S/C17H27N3OS/c1-3-18-17(22)19-13-16(20-11-5-4-6-12-20)14-7-9-15(21-2)10-8-14/h7-10,16H,3-6,11-13H2,1-2H3,(H2,18,19,22)/t16-/m0/s1. The van der Waals surface area contributed by atoms with Gasteiger partial charge in [0, 0.05) is 13.1 Å². The van der Waals surface area contributed by atoms with Crippen LogP contribution in [0.2, 0.25) is 0 Å². The number of piperidine rings is 1. The quantitative estimate of drug-likeness (QED) is 0.788. The van der Waals surface area contributed by atoms with Crippen LogP contribution in [0, 0.1) is 0 Å². The Labute approximate surface area is 139 Å². The van der Waals surface area contributed by atoms with Crippen molar-refractivity contribution in [3.05, 3.63) is 29.8 Å².